The number of carbonyl (C=O) groups excluding carboxylic acids is 1. The van der Waals surface area contributed by atoms with Gasteiger partial charge in [0, 0.05) is 0 Å². The van der Waals surface area contributed by atoms with Gasteiger partial charge in [0.15, 0.2) is 0 Å². The molecule has 3 heteroatoms. The van der Waals surface area contributed by atoms with Crippen molar-refractivity contribution in [2.45, 2.75) is 45.4 Å². The molecule has 0 radical (unpaired) electrons. The van der Waals surface area contributed by atoms with Gasteiger partial charge in [0.1, 0.15) is 5.82 Å². The van der Waals surface area contributed by atoms with Crippen molar-refractivity contribution in [3.05, 3.63) is 59.4 Å². The zero-order chi connectivity index (χ0) is 17.7. The average molecular weight is 328 g/mol. The molecule has 0 saturated heterocycles. The van der Waals surface area contributed by atoms with E-state index in [0.29, 0.717) is 5.56 Å². The standard InChI is InChI=1S/C21H25FO2/c1-5-21(3,6-2)18-9-7-16(8-10-18)17-11-15(12-19(22)14-17)13-20(23)24-4/h7-12,14H,5-6,13H2,1-4H3. The minimum Gasteiger partial charge on any atom is -0.469 e. The fourth-order valence-corrected chi connectivity index (χ4v) is 2.88. The van der Waals surface area contributed by atoms with Gasteiger partial charge in [-0.2, -0.15) is 0 Å². The Morgan fingerprint density at radius 3 is 2.21 bits per heavy atom. The smallest absolute Gasteiger partial charge is 0.309 e. The van der Waals surface area contributed by atoms with Gasteiger partial charge in [-0.05, 0) is 52.6 Å². The second-order valence-corrected chi connectivity index (χ2v) is 6.45. The maximum Gasteiger partial charge on any atom is 0.309 e. The molecule has 0 spiro atoms. The first-order valence-corrected chi connectivity index (χ1v) is 8.39. The first-order valence-electron chi connectivity index (χ1n) is 8.39. The van der Waals surface area contributed by atoms with Gasteiger partial charge >= 0.3 is 5.97 Å². The molecule has 0 aromatic heterocycles. The highest BCUT2D eigenvalue weighted by atomic mass is 19.1. The minimum absolute atomic E-state index is 0.0725. The summed E-state index contributed by atoms with van der Waals surface area (Å²) in [6.07, 6.45) is 2.22. The fraction of sp³-hybridized carbons (Fsp3) is 0.381. The lowest BCUT2D eigenvalue weighted by Crippen LogP contribution is -2.19. The Balaban J connectivity index is 2.33. The molecule has 0 bridgehead atoms. The summed E-state index contributed by atoms with van der Waals surface area (Å²) in [6.45, 7) is 6.66. The highest BCUT2D eigenvalue weighted by Gasteiger charge is 2.21. The number of methoxy groups -OCH3 is 1. The van der Waals surface area contributed by atoms with Gasteiger partial charge in [-0.25, -0.2) is 4.39 Å². The van der Waals surface area contributed by atoms with Gasteiger partial charge < -0.3 is 4.74 Å². The third-order valence-electron chi connectivity index (χ3n) is 5.01. The molecule has 128 valence electrons. The van der Waals surface area contributed by atoms with E-state index in [1.807, 2.05) is 18.2 Å². The fourth-order valence-electron chi connectivity index (χ4n) is 2.88. The molecule has 0 N–H and O–H groups in total. The molecule has 0 atom stereocenters. The molecule has 2 nitrogen and oxygen atoms in total. The molecule has 0 aliphatic heterocycles. The van der Waals surface area contributed by atoms with Crippen LogP contribution in [0.4, 0.5) is 4.39 Å². The molecule has 0 unspecified atom stereocenters. The summed E-state index contributed by atoms with van der Waals surface area (Å²) in [7, 11) is 1.33. The van der Waals surface area contributed by atoms with Crippen molar-refractivity contribution >= 4 is 5.97 Å². The monoisotopic (exact) mass is 328 g/mol. The zero-order valence-corrected chi connectivity index (χ0v) is 14.9. The van der Waals surface area contributed by atoms with Gasteiger partial charge in [-0.1, -0.05) is 51.1 Å². The lowest BCUT2D eigenvalue weighted by atomic mass is 9.77. The Morgan fingerprint density at radius 1 is 1.04 bits per heavy atom. The molecular formula is C21H25FO2. The number of benzene rings is 2. The molecular weight excluding hydrogens is 303 g/mol. The third kappa shape index (κ3) is 4.02. The van der Waals surface area contributed by atoms with Crippen LogP contribution in [0.1, 0.15) is 44.7 Å². The lowest BCUT2D eigenvalue weighted by molar-refractivity contribution is -0.139. The summed E-state index contributed by atoms with van der Waals surface area (Å²) in [4.78, 5) is 11.4. The normalized spacial score (nSPS) is 11.4. The SMILES string of the molecule is CCC(C)(CC)c1ccc(-c2cc(F)cc(CC(=O)OC)c2)cc1. The van der Waals surface area contributed by atoms with E-state index in [0.717, 1.165) is 24.0 Å². The topological polar surface area (TPSA) is 26.3 Å². The van der Waals surface area contributed by atoms with Crippen molar-refractivity contribution in [3.8, 4) is 11.1 Å². The molecule has 2 aromatic rings. The Kier molecular flexibility index (Phi) is 5.76. The van der Waals surface area contributed by atoms with Gasteiger partial charge in [-0.3, -0.25) is 4.79 Å². The Bertz CT molecular complexity index is 700. The molecule has 2 rings (SSSR count). The second kappa shape index (κ2) is 7.61. The van der Waals surface area contributed by atoms with E-state index in [-0.39, 0.29) is 23.6 Å². The van der Waals surface area contributed by atoms with E-state index in [1.165, 1.54) is 24.8 Å². The predicted molar refractivity (Wildman–Crippen MR) is 95.5 cm³/mol. The van der Waals surface area contributed by atoms with Crippen molar-refractivity contribution < 1.29 is 13.9 Å². The first kappa shape index (κ1) is 18.2. The summed E-state index contributed by atoms with van der Waals surface area (Å²) in [5, 5.41) is 0. The van der Waals surface area contributed by atoms with Crippen molar-refractivity contribution in [1.29, 1.82) is 0 Å². The molecule has 0 fully saturated rings. The molecule has 0 heterocycles. The Morgan fingerprint density at radius 2 is 1.67 bits per heavy atom. The van der Waals surface area contributed by atoms with E-state index in [9.17, 15) is 9.18 Å². The molecule has 24 heavy (non-hydrogen) atoms. The second-order valence-electron chi connectivity index (χ2n) is 6.45. The van der Waals surface area contributed by atoms with E-state index >= 15 is 0 Å². The van der Waals surface area contributed by atoms with Crippen LogP contribution in [0.5, 0.6) is 0 Å². The van der Waals surface area contributed by atoms with Crippen LogP contribution in [0.3, 0.4) is 0 Å². The number of halogens is 1. The van der Waals surface area contributed by atoms with Crippen molar-refractivity contribution in [2.24, 2.45) is 0 Å². The molecule has 2 aromatic carbocycles. The summed E-state index contributed by atoms with van der Waals surface area (Å²) in [6, 6.07) is 13.0. The summed E-state index contributed by atoms with van der Waals surface area (Å²) in [5.74, 6) is -0.717. The summed E-state index contributed by atoms with van der Waals surface area (Å²) in [5.41, 5.74) is 3.79. The van der Waals surface area contributed by atoms with Crippen LogP contribution in [0, 0.1) is 5.82 Å². The zero-order valence-electron chi connectivity index (χ0n) is 14.9. The van der Waals surface area contributed by atoms with Crippen LogP contribution in [0.15, 0.2) is 42.5 Å². The van der Waals surface area contributed by atoms with Crippen LogP contribution in [0.2, 0.25) is 0 Å². The molecule has 0 aliphatic rings. The number of hydrogen-bond donors (Lipinski definition) is 0. The van der Waals surface area contributed by atoms with Crippen LogP contribution in [-0.4, -0.2) is 13.1 Å². The van der Waals surface area contributed by atoms with Gasteiger partial charge in [0.05, 0.1) is 13.5 Å². The molecule has 0 aliphatic carbocycles. The maximum atomic E-state index is 13.9. The molecule has 0 amide bonds. The average Bonchev–Trinajstić information content (AvgIpc) is 2.60. The predicted octanol–water partition coefficient (Wildman–Crippen LogP) is 5.29. The maximum absolute atomic E-state index is 13.9. The minimum atomic E-state index is -0.372. The van der Waals surface area contributed by atoms with Crippen LogP contribution in [0.25, 0.3) is 11.1 Å². The highest BCUT2D eigenvalue weighted by Crippen LogP contribution is 2.32. The third-order valence-corrected chi connectivity index (χ3v) is 5.01. The van der Waals surface area contributed by atoms with Crippen molar-refractivity contribution in [2.75, 3.05) is 7.11 Å². The van der Waals surface area contributed by atoms with E-state index in [4.69, 9.17) is 0 Å². The Hall–Kier alpha value is -2.16. The van der Waals surface area contributed by atoms with E-state index in [1.54, 1.807) is 0 Å². The quantitative estimate of drug-likeness (QED) is 0.674. The van der Waals surface area contributed by atoms with Gasteiger partial charge in [-0.15, -0.1) is 0 Å². The number of hydrogen-bond acceptors (Lipinski definition) is 2. The highest BCUT2D eigenvalue weighted by molar-refractivity contribution is 5.74. The van der Waals surface area contributed by atoms with E-state index in [2.05, 4.69) is 37.6 Å². The van der Waals surface area contributed by atoms with Crippen LogP contribution < -0.4 is 0 Å². The number of esters is 1. The van der Waals surface area contributed by atoms with E-state index < -0.39 is 0 Å². The summed E-state index contributed by atoms with van der Waals surface area (Å²) >= 11 is 0. The number of ether oxygens (including phenoxy) is 1. The summed E-state index contributed by atoms with van der Waals surface area (Å²) < 4.78 is 18.5. The number of carbonyl (C=O) groups is 1. The lowest BCUT2D eigenvalue weighted by Gasteiger charge is -2.27. The molecule has 0 saturated carbocycles. The Labute approximate surface area is 143 Å². The van der Waals surface area contributed by atoms with Gasteiger partial charge in [0.2, 0.25) is 0 Å². The van der Waals surface area contributed by atoms with Gasteiger partial charge in [0.25, 0.3) is 0 Å². The van der Waals surface area contributed by atoms with Crippen LogP contribution >= 0.6 is 0 Å². The van der Waals surface area contributed by atoms with Crippen molar-refractivity contribution in [1.82, 2.24) is 0 Å². The van der Waals surface area contributed by atoms with Crippen LogP contribution in [-0.2, 0) is 21.4 Å². The first-order chi connectivity index (χ1) is 11.4. The largest absolute Gasteiger partial charge is 0.469 e. The van der Waals surface area contributed by atoms with Crippen molar-refractivity contribution in [3.63, 3.8) is 0 Å². The number of rotatable bonds is 6.